The summed E-state index contributed by atoms with van der Waals surface area (Å²) in [6.07, 6.45) is 3.20. The van der Waals surface area contributed by atoms with Gasteiger partial charge in [0, 0.05) is 20.6 Å². The van der Waals surface area contributed by atoms with Gasteiger partial charge in [-0.3, -0.25) is 4.79 Å². The van der Waals surface area contributed by atoms with Crippen LogP contribution in [0.15, 0.2) is 0 Å². The first-order valence-electron chi connectivity index (χ1n) is 7.48. The third-order valence-corrected chi connectivity index (χ3v) is 4.71. The van der Waals surface area contributed by atoms with Crippen molar-refractivity contribution in [2.24, 2.45) is 0 Å². The average molecular weight is 313 g/mol. The maximum Gasteiger partial charge on any atom is 0.263 e. The van der Waals surface area contributed by atoms with Crippen LogP contribution in [0.3, 0.4) is 0 Å². The molecular weight excluding hydrogens is 286 g/mol. The molecule has 0 saturated heterocycles. The molecule has 0 spiro atoms. The van der Waals surface area contributed by atoms with Crippen LogP contribution in [-0.4, -0.2) is 42.2 Å². The zero-order chi connectivity index (χ0) is 16.0. The molecule has 120 valence electrons. The van der Waals surface area contributed by atoms with Crippen LogP contribution < -0.4 is 10.2 Å². The van der Waals surface area contributed by atoms with Crippen molar-refractivity contribution >= 4 is 22.4 Å². The molecule has 1 aromatic rings. The summed E-state index contributed by atoms with van der Waals surface area (Å²) < 4.78 is 0. The minimum Gasteiger partial charge on any atom is -0.388 e. The first-order chi connectivity index (χ1) is 9.83. The van der Waals surface area contributed by atoms with Crippen LogP contribution in [0.25, 0.3) is 0 Å². The molecule has 0 radical (unpaired) electrons. The second kappa shape index (κ2) is 7.75. The lowest BCUT2D eigenvalue weighted by molar-refractivity contribution is 0.0213. The quantitative estimate of drug-likeness (QED) is 0.774. The van der Waals surface area contributed by atoms with E-state index in [2.05, 4.69) is 10.3 Å². The molecule has 21 heavy (non-hydrogen) atoms. The van der Waals surface area contributed by atoms with E-state index in [9.17, 15) is 9.90 Å². The Morgan fingerprint density at radius 2 is 1.90 bits per heavy atom. The van der Waals surface area contributed by atoms with E-state index in [-0.39, 0.29) is 5.91 Å². The Morgan fingerprint density at radius 1 is 1.33 bits per heavy atom. The van der Waals surface area contributed by atoms with Crippen molar-refractivity contribution in [2.75, 3.05) is 25.5 Å². The van der Waals surface area contributed by atoms with E-state index >= 15 is 0 Å². The van der Waals surface area contributed by atoms with Crippen molar-refractivity contribution in [3.8, 4) is 0 Å². The zero-order valence-corrected chi connectivity index (χ0v) is 14.5. The van der Waals surface area contributed by atoms with Crippen LogP contribution in [-0.2, 0) is 0 Å². The van der Waals surface area contributed by atoms with Gasteiger partial charge in [-0.2, -0.15) is 0 Å². The highest BCUT2D eigenvalue weighted by Crippen LogP contribution is 2.25. The zero-order valence-electron chi connectivity index (χ0n) is 13.7. The summed E-state index contributed by atoms with van der Waals surface area (Å²) in [7, 11) is 3.81. The molecule has 0 fully saturated rings. The molecular formula is C15H27N3O2S. The number of thiazole rings is 1. The first kappa shape index (κ1) is 17.9. The number of amides is 1. The number of rotatable bonds is 8. The van der Waals surface area contributed by atoms with Gasteiger partial charge in [-0.1, -0.05) is 38.0 Å². The van der Waals surface area contributed by atoms with Gasteiger partial charge < -0.3 is 15.3 Å². The first-order valence-corrected chi connectivity index (χ1v) is 8.30. The summed E-state index contributed by atoms with van der Waals surface area (Å²) in [5.74, 6) is -0.149. The molecule has 0 aromatic carbocycles. The van der Waals surface area contributed by atoms with Crippen LogP contribution in [0.5, 0.6) is 0 Å². The fraction of sp³-hybridized carbons (Fsp3) is 0.733. The Bertz CT molecular complexity index is 465. The maximum atomic E-state index is 12.3. The summed E-state index contributed by atoms with van der Waals surface area (Å²) >= 11 is 1.37. The van der Waals surface area contributed by atoms with Crippen molar-refractivity contribution in [2.45, 2.75) is 52.1 Å². The highest BCUT2D eigenvalue weighted by Gasteiger charge is 2.26. The van der Waals surface area contributed by atoms with Gasteiger partial charge >= 0.3 is 0 Å². The second-order valence-electron chi connectivity index (χ2n) is 5.71. The molecule has 1 aromatic heterocycles. The van der Waals surface area contributed by atoms with Crippen LogP contribution >= 0.6 is 11.3 Å². The van der Waals surface area contributed by atoms with Gasteiger partial charge in [0.1, 0.15) is 4.88 Å². The molecule has 0 saturated carbocycles. The van der Waals surface area contributed by atoms with Crippen molar-refractivity contribution in [3.63, 3.8) is 0 Å². The molecule has 0 bridgehead atoms. The SMILES string of the molecule is CCCC(O)(CCC)CNC(=O)c1sc(N(C)C)nc1C. The highest BCUT2D eigenvalue weighted by atomic mass is 32.1. The van der Waals surface area contributed by atoms with E-state index in [4.69, 9.17) is 0 Å². The van der Waals surface area contributed by atoms with E-state index in [0.717, 1.165) is 23.7 Å². The normalized spacial score (nSPS) is 11.5. The van der Waals surface area contributed by atoms with Gasteiger partial charge in [-0.25, -0.2) is 4.98 Å². The van der Waals surface area contributed by atoms with Gasteiger partial charge in [-0.15, -0.1) is 0 Å². The molecule has 1 amide bonds. The van der Waals surface area contributed by atoms with E-state index in [1.165, 1.54) is 11.3 Å². The van der Waals surface area contributed by atoms with Crippen molar-refractivity contribution in [3.05, 3.63) is 10.6 Å². The van der Waals surface area contributed by atoms with Gasteiger partial charge in [0.15, 0.2) is 5.13 Å². The number of nitrogens with one attached hydrogen (secondary N) is 1. The number of nitrogens with zero attached hydrogens (tertiary/aromatic N) is 2. The van der Waals surface area contributed by atoms with Gasteiger partial charge in [0.05, 0.1) is 11.3 Å². The van der Waals surface area contributed by atoms with Crippen molar-refractivity contribution < 1.29 is 9.90 Å². The molecule has 5 nitrogen and oxygen atoms in total. The molecule has 0 aliphatic heterocycles. The van der Waals surface area contributed by atoms with E-state index in [0.29, 0.717) is 24.3 Å². The van der Waals surface area contributed by atoms with Crippen LogP contribution in [0.4, 0.5) is 5.13 Å². The molecule has 2 N–H and O–H groups in total. The van der Waals surface area contributed by atoms with Crippen molar-refractivity contribution in [1.29, 1.82) is 0 Å². The highest BCUT2D eigenvalue weighted by molar-refractivity contribution is 7.17. The summed E-state index contributed by atoms with van der Waals surface area (Å²) in [6.45, 7) is 6.21. The number of hydrogen-bond acceptors (Lipinski definition) is 5. The Morgan fingerprint density at radius 3 is 2.33 bits per heavy atom. The Labute approximate surface area is 131 Å². The Hall–Kier alpha value is -1.14. The molecule has 0 unspecified atom stereocenters. The molecule has 1 rings (SSSR count). The van der Waals surface area contributed by atoms with Crippen LogP contribution in [0.1, 0.15) is 54.9 Å². The molecule has 0 aliphatic rings. The molecule has 1 heterocycles. The predicted octanol–water partition coefficient (Wildman–Crippen LogP) is 2.58. The van der Waals surface area contributed by atoms with Crippen LogP contribution in [0.2, 0.25) is 0 Å². The largest absolute Gasteiger partial charge is 0.388 e. The molecule has 0 atom stereocenters. The minimum atomic E-state index is -0.803. The predicted molar refractivity (Wildman–Crippen MR) is 88.3 cm³/mol. The monoisotopic (exact) mass is 313 g/mol. The molecule has 6 heteroatoms. The topological polar surface area (TPSA) is 65.5 Å². The second-order valence-corrected chi connectivity index (χ2v) is 6.69. The van der Waals surface area contributed by atoms with Gasteiger partial charge in [0.25, 0.3) is 5.91 Å². The van der Waals surface area contributed by atoms with E-state index < -0.39 is 5.60 Å². The lowest BCUT2D eigenvalue weighted by Gasteiger charge is -2.27. The number of hydrogen-bond donors (Lipinski definition) is 2. The number of anilines is 1. The lowest BCUT2D eigenvalue weighted by atomic mass is 9.92. The number of aryl methyl sites for hydroxylation is 1. The summed E-state index contributed by atoms with van der Waals surface area (Å²) in [6, 6.07) is 0. The maximum absolute atomic E-state index is 12.3. The van der Waals surface area contributed by atoms with E-state index in [1.807, 2.05) is 39.8 Å². The third-order valence-electron chi connectivity index (χ3n) is 3.38. The summed E-state index contributed by atoms with van der Waals surface area (Å²) in [5, 5.41) is 14.2. The Balaban J connectivity index is 2.72. The van der Waals surface area contributed by atoms with Gasteiger partial charge in [-0.05, 0) is 19.8 Å². The fourth-order valence-electron chi connectivity index (χ4n) is 2.34. The number of carbonyl (C=O) groups excluding carboxylic acids is 1. The standard InChI is InChI=1S/C15H27N3O2S/c1-6-8-15(20,9-7-2)10-16-13(19)12-11(3)17-14(21-12)18(4)5/h20H,6-10H2,1-5H3,(H,16,19). The third kappa shape index (κ3) is 4.97. The number of aliphatic hydroxyl groups is 1. The molecule has 0 aliphatic carbocycles. The van der Waals surface area contributed by atoms with Crippen molar-refractivity contribution in [1.82, 2.24) is 10.3 Å². The summed E-state index contributed by atoms with van der Waals surface area (Å²) in [4.78, 5) is 19.2. The lowest BCUT2D eigenvalue weighted by Crippen LogP contribution is -2.42. The van der Waals surface area contributed by atoms with E-state index in [1.54, 1.807) is 0 Å². The smallest absolute Gasteiger partial charge is 0.263 e. The number of aromatic nitrogens is 1. The number of carbonyl (C=O) groups is 1. The Kier molecular flexibility index (Phi) is 6.61. The average Bonchev–Trinajstić information content (AvgIpc) is 2.79. The van der Waals surface area contributed by atoms with Crippen LogP contribution in [0, 0.1) is 6.92 Å². The minimum absolute atomic E-state index is 0.149. The summed E-state index contributed by atoms with van der Waals surface area (Å²) in [5.41, 5.74) is -0.0713. The fourth-order valence-corrected chi connectivity index (χ4v) is 3.25. The van der Waals surface area contributed by atoms with Gasteiger partial charge in [0.2, 0.25) is 0 Å².